The van der Waals surface area contributed by atoms with Gasteiger partial charge in [0.1, 0.15) is 4.32 Å². The van der Waals surface area contributed by atoms with E-state index in [4.69, 9.17) is 17.0 Å². The molecular weight excluding hydrogens is 374 g/mol. The minimum atomic E-state index is -0.140. The third kappa shape index (κ3) is 3.25. The van der Waals surface area contributed by atoms with Crippen LogP contribution in [-0.4, -0.2) is 33.4 Å². The van der Waals surface area contributed by atoms with E-state index < -0.39 is 0 Å². The highest BCUT2D eigenvalue weighted by Gasteiger charge is 2.33. The summed E-state index contributed by atoms with van der Waals surface area (Å²) in [7, 11) is 1.48. The topological polar surface area (TPSA) is 49.8 Å². The molecule has 0 radical (unpaired) electrons. The first kappa shape index (κ1) is 16.3. The number of rotatable bonds is 3. The Balaban J connectivity index is 2.44. The Morgan fingerprint density at radius 3 is 2.67 bits per heavy atom. The van der Waals surface area contributed by atoms with Crippen molar-refractivity contribution in [2.45, 2.75) is 19.9 Å². The van der Waals surface area contributed by atoms with E-state index in [1.54, 1.807) is 23.1 Å². The van der Waals surface area contributed by atoms with Crippen LogP contribution in [0, 0.1) is 0 Å². The highest BCUT2D eigenvalue weighted by molar-refractivity contribution is 9.10. The van der Waals surface area contributed by atoms with Crippen molar-refractivity contribution in [2.24, 2.45) is 0 Å². The third-order valence-electron chi connectivity index (χ3n) is 2.92. The van der Waals surface area contributed by atoms with E-state index in [9.17, 15) is 9.90 Å². The van der Waals surface area contributed by atoms with Crippen molar-refractivity contribution < 1.29 is 14.6 Å². The van der Waals surface area contributed by atoms with Gasteiger partial charge in [-0.05, 0) is 32.1 Å². The molecule has 1 heterocycles. The van der Waals surface area contributed by atoms with Gasteiger partial charge in [0, 0.05) is 16.1 Å². The van der Waals surface area contributed by atoms with Crippen molar-refractivity contribution in [1.82, 2.24) is 4.90 Å². The van der Waals surface area contributed by atoms with E-state index in [2.05, 4.69) is 15.9 Å². The first-order valence-corrected chi connectivity index (χ1v) is 8.20. The van der Waals surface area contributed by atoms with Crippen molar-refractivity contribution >= 4 is 56.2 Å². The van der Waals surface area contributed by atoms with Crippen molar-refractivity contribution in [3.63, 3.8) is 0 Å². The lowest BCUT2D eigenvalue weighted by molar-refractivity contribution is -0.123. The van der Waals surface area contributed by atoms with Gasteiger partial charge < -0.3 is 9.84 Å². The number of phenols is 1. The van der Waals surface area contributed by atoms with Crippen molar-refractivity contribution in [3.05, 3.63) is 27.1 Å². The Labute approximate surface area is 141 Å². The zero-order chi connectivity index (χ0) is 15.7. The zero-order valence-electron chi connectivity index (χ0n) is 11.7. The highest BCUT2D eigenvalue weighted by atomic mass is 79.9. The predicted molar refractivity (Wildman–Crippen MR) is 92.5 cm³/mol. The summed E-state index contributed by atoms with van der Waals surface area (Å²) in [6.07, 6.45) is 1.63. The van der Waals surface area contributed by atoms with Crippen LogP contribution in [0.4, 0.5) is 0 Å². The number of benzene rings is 1. The Morgan fingerprint density at radius 2 is 2.14 bits per heavy atom. The fourth-order valence-corrected chi connectivity index (χ4v) is 3.90. The number of methoxy groups -OCH3 is 1. The smallest absolute Gasteiger partial charge is 0.266 e. The number of thioether (sulfide) groups is 1. The van der Waals surface area contributed by atoms with Crippen LogP contribution in [0.2, 0.25) is 0 Å². The van der Waals surface area contributed by atoms with E-state index in [-0.39, 0.29) is 17.7 Å². The molecule has 0 atom stereocenters. The van der Waals surface area contributed by atoms with Gasteiger partial charge >= 0.3 is 0 Å². The van der Waals surface area contributed by atoms with Gasteiger partial charge in [0.05, 0.1) is 12.0 Å². The van der Waals surface area contributed by atoms with Crippen molar-refractivity contribution in [1.29, 1.82) is 0 Å². The van der Waals surface area contributed by atoms with Gasteiger partial charge in [-0.3, -0.25) is 9.69 Å². The molecule has 1 aromatic carbocycles. The Morgan fingerprint density at radius 1 is 1.48 bits per heavy atom. The number of ether oxygens (including phenoxy) is 1. The van der Waals surface area contributed by atoms with Crippen LogP contribution in [0.5, 0.6) is 11.5 Å². The van der Waals surface area contributed by atoms with Gasteiger partial charge in [0.15, 0.2) is 11.5 Å². The van der Waals surface area contributed by atoms with Crippen molar-refractivity contribution in [2.75, 3.05) is 7.11 Å². The molecule has 1 saturated heterocycles. The van der Waals surface area contributed by atoms with E-state index in [1.807, 2.05) is 13.8 Å². The summed E-state index contributed by atoms with van der Waals surface area (Å²) in [4.78, 5) is 14.4. The molecule has 0 aliphatic carbocycles. The number of carbonyl (C=O) groups is 1. The number of amides is 1. The number of hydrogen-bond acceptors (Lipinski definition) is 5. The summed E-state index contributed by atoms with van der Waals surface area (Å²) >= 11 is 9.81. The summed E-state index contributed by atoms with van der Waals surface area (Å²) in [6.45, 7) is 3.82. The van der Waals surface area contributed by atoms with Crippen LogP contribution in [0.1, 0.15) is 19.4 Å². The SMILES string of the molecule is COc1cc(Br)cc(/C=C2\SC(=S)N(C(C)C)C2=O)c1O. The quantitative estimate of drug-likeness (QED) is 0.631. The van der Waals surface area contributed by atoms with Crippen LogP contribution in [0.3, 0.4) is 0 Å². The van der Waals surface area contributed by atoms with Gasteiger partial charge in [-0.2, -0.15) is 0 Å². The molecule has 21 heavy (non-hydrogen) atoms. The summed E-state index contributed by atoms with van der Waals surface area (Å²) in [5.41, 5.74) is 0.505. The molecule has 0 spiro atoms. The lowest BCUT2D eigenvalue weighted by Gasteiger charge is -2.18. The molecule has 0 unspecified atom stereocenters. The average Bonchev–Trinajstić information content (AvgIpc) is 2.68. The predicted octanol–water partition coefficient (Wildman–Crippen LogP) is 3.77. The maximum absolute atomic E-state index is 12.3. The van der Waals surface area contributed by atoms with Gasteiger partial charge in [-0.1, -0.05) is 39.9 Å². The second-order valence-electron chi connectivity index (χ2n) is 4.69. The third-order valence-corrected chi connectivity index (χ3v) is 4.70. The molecule has 0 saturated carbocycles. The van der Waals surface area contributed by atoms with Crippen LogP contribution >= 0.6 is 39.9 Å². The second-order valence-corrected chi connectivity index (χ2v) is 7.28. The monoisotopic (exact) mass is 387 g/mol. The molecule has 1 fully saturated rings. The van der Waals surface area contributed by atoms with Gasteiger partial charge in [0.25, 0.3) is 5.91 Å². The number of halogens is 1. The lowest BCUT2D eigenvalue weighted by atomic mass is 10.1. The molecular formula is C14H14BrNO3S2. The molecule has 1 amide bonds. The van der Waals surface area contributed by atoms with E-state index >= 15 is 0 Å². The van der Waals surface area contributed by atoms with Crippen molar-refractivity contribution in [3.8, 4) is 11.5 Å². The Bertz CT molecular complexity index is 643. The lowest BCUT2D eigenvalue weighted by Crippen LogP contribution is -2.34. The molecule has 1 aliphatic heterocycles. The molecule has 1 aliphatic rings. The first-order valence-electron chi connectivity index (χ1n) is 6.18. The van der Waals surface area contributed by atoms with Gasteiger partial charge in [0.2, 0.25) is 0 Å². The first-order chi connectivity index (χ1) is 9.85. The van der Waals surface area contributed by atoms with Crippen LogP contribution in [-0.2, 0) is 4.79 Å². The fourth-order valence-electron chi connectivity index (χ4n) is 1.93. The zero-order valence-corrected chi connectivity index (χ0v) is 14.9. The molecule has 1 N–H and O–H groups in total. The standard InChI is InChI=1S/C14H14BrNO3S2/c1-7(2)16-13(18)11(21-14(16)20)5-8-4-9(15)6-10(19-3)12(8)17/h4-7,17H,1-3H3/b11-5-. The summed E-state index contributed by atoms with van der Waals surface area (Å²) < 4.78 is 6.38. The molecule has 4 nitrogen and oxygen atoms in total. The summed E-state index contributed by atoms with van der Waals surface area (Å²) in [6, 6.07) is 3.39. The molecule has 2 rings (SSSR count). The minimum absolute atomic E-state index is 0.00415. The number of carbonyl (C=O) groups excluding carboxylic acids is 1. The number of nitrogens with zero attached hydrogens (tertiary/aromatic N) is 1. The van der Waals surface area contributed by atoms with Crippen LogP contribution in [0.25, 0.3) is 6.08 Å². The van der Waals surface area contributed by atoms with Gasteiger partial charge in [-0.15, -0.1) is 0 Å². The number of hydrogen-bond donors (Lipinski definition) is 1. The minimum Gasteiger partial charge on any atom is -0.504 e. The van der Waals surface area contributed by atoms with E-state index in [1.165, 1.54) is 18.9 Å². The average molecular weight is 388 g/mol. The second kappa shape index (κ2) is 6.37. The maximum atomic E-state index is 12.3. The van der Waals surface area contributed by atoms with Gasteiger partial charge in [-0.25, -0.2) is 0 Å². The largest absolute Gasteiger partial charge is 0.504 e. The van der Waals surface area contributed by atoms with Crippen LogP contribution in [0.15, 0.2) is 21.5 Å². The number of phenolic OH excluding ortho intramolecular Hbond substituents is 1. The fraction of sp³-hybridized carbons (Fsp3) is 0.286. The Hall–Kier alpha value is -1.05. The highest BCUT2D eigenvalue weighted by Crippen LogP contribution is 2.39. The number of aromatic hydroxyl groups is 1. The Kier molecular flexibility index (Phi) is 4.95. The molecule has 7 heteroatoms. The summed E-state index contributed by atoms with van der Waals surface area (Å²) in [5, 5.41) is 10.1. The van der Waals surface area contributed by atoms with E-state index in [0.29, 0.717) is 20.5 Å². The molecule has 0 aromatic heterocycles. The molecule has 112 valence electrons. The normalized spacial score (nSPS) is 17.2. The maximum Gasteiger partial charge on any atom is 0.266 e. The molecule has 1 aromatic rings. The molecule has 0 bridgehead atoms. The number of thiocarbonyl (C=S) groups is 1. The van der Waals surface area contributed by atoms with Crippen LogP contribution < -0.4 is 4.74 Å². The van der Waals surface area contributed by atoms with E-state index in [0.717, 1.165) is 4.47 Å². The summed E-state index contributed by atoms with van der Waals surface area (Å²) in [5.74, 6) is 0.198.